The number of ether oxygens (including phenoxy) is 2. The Balaban J connectivity index is 2.52. The minimum Gasteiger partial charge on any atom is -0.495 e. The normalized spacial score (nSPS) is 13.6. The molecule has 1 aromatic carbocycles. The van der Waals surface area contributed by atoms with Crippen LogP contribution in [0.4, 0.5) is 5.69 Å². The lowest BCUT2D eigenvalue weighted by molar-refractivity contribution is 0.0599. The van der Waals surface area contributed by atoms with Gasteiger partial charge >= 0.3 is 5.97 Å². The number of carbonyl (C=O) groups excluding carboxylic acids is 1. The molecule has 2 rings (SSSR count). The van der Waals surface area contributed by atoms with Crippen LogP contribution in [0.25, 0.3) is 0 Å². The first-order valence-electron chi connectivity index (χ1n) is 5.30. The van der Waals surface area contributed by atoms with E-state index >= 15 is 0 Å². The Hall–Kier alpha value is -1.71. The molecule has 0 aromatic heterocycles. The molecule has 1 heterocycles. The third kappa shape index (κ3) is 1.71. The minimum absolute atomic E-state index is 0.289. The predicted octanol–water partition coefficient (Wildman–Crippen LogP) is 1.84. The quantitative estimate of drug-likeness (QED) is 0.774. The van der Waals surface area contributed by atoms with Gasteiger partial charge in [0.15, 0.2) is 0 Å². The number of methoxy groups -OCH3 is 2. The first kappa shape index (κ1) is 10.8. The molecule has 0 aliphatic carbocycles. The summed E-state index contributed by atoms with van der Waals surface area (Å²) in [5.74, 6) is 0.491. The van der Waals surface area contributed by atoms with E-state index in [-0.39, 0.29) is 5.97 Å². The number of carbonyl (C=O) groups is 1. The van der Waals surface area contributed by atoms with Gasteiger partial charge in [-0.25, -0.2) is 4.79 Å². The summed E-state index contributed by atoms with van der Waals surface area (Å²) in [6, 6.07) is 3.56. The zero-order chi connectivity index (χ0) is 11.5. The molecular weight excluding hydrogens is 206 g/mol. The highest BCUT2D eigenvalue weighted by molar-refractivity contribution is 5.94. The number of nitrogens with one attached hydrogen (secondary N) is 1. The monoisotopic (exact) mass is 221 g/mol. The lowest BCUT2D eigenvalue weighted by Crippen LogP contribution is -2.17. The summed E-state index contributed by atoms with van der Waals surface area (Å²) in [5.41, 5.74) is 2.56. The molecule has 0 unspecified atom stereocenters. The molecule has 0 bridgehead atoms. The number of anilines is 1. The van der Waals surface area contributed by atoms with E-state index in [0.717, 1.165) is 36.4 Å². The Morgan fingerprint density at radius 1 is 1.38 bits per heavy atom. The first-order valence-corrected chi connectivity index (χ1v) is 5.30. The third-order valence-corrected chi connectivity index (χ3v) is 2.81. The Bertz CT molecular complexity index is 415. The predicted molar refractivity (Wildman–Crippen MR) is 61.1 cm³/mol. The fourth-order valence-electron chi connectivity index (χ4n) is 2.03. The Kier molecular flexibility index (Phi) is 2.99. The van der Waals surface area contributed by atoms with Crippen molar-refractivity contribution in [1.29, 1.82) is 0 Å². The van der Waals surface area contributed by atoms with Crippen LogP contribution < -0.4 is 10.1 Å². The Morgan fingerprint density at radius 3 is 2.88 bits per heavy atom. The van der Waals surface area contributed by atoms with Crippen LogP contribution in [-0.4, -0.2) is 26.7 Å². The smallest absolute Gasteiger partial charge is 0.338 e. The molecule has 0 saturated carbocycles. The number of benzene rings is 1. The standard InChI is InChI=1S/C12H15NO3/c1-15-10-6-5-9(12(14)16-2)8-4-3-7-13-11(8)10/h5-6,13H,3-4,7H2,1-2H3. The Labute approximate surface area is 94.6 Å². The highest BCUT2D eigenvalue weighted by Gasteiger charge is 2.21. The number of esters is 1. The van der Waals surface area contributed by atoms with Gasteiger partial charge in [-0.1, -0.05) is 0 Å². The van der Waals surface area contributed by atoms with E-state index in [1.165, 1.54) is 7.11 Å². The maximum absolute atomic E-state index is 11.6. The number of rotatable bonds is 2. The zero-order valence-electron chi connectivity index (χ0n) is 9.50. The number of hydrogen-bond donors (Lipinski definition) is 1. The van der Waals surface area contributed by atoms with E-state index in [4.69, 9.17) is 9.47 Å². The number of hydrogen-bond acceptors (Lipinski definition) is 4. The van der Waals surface area contributed by atoms with Crippen molar-refractivity contribution in [2.45, 2.75) is 12.8 Å². The molecule has 0 radical (unpaired) electrons. The van der Waals surface area contributed by atoms with Gasteiger partial charge in [-0.3, -0.25) is 0 Å². The molecule has 0 saturated heterocycles. The van der Waals surface area contributed by atoms with Crippen LogP contribution in [0.1, 0.15) is 22.3 Å². The van der Waals surface area contributed by atoms with Crippen molar-refractivity contribution in [2.75, 3.05) is 26.1 Å². The van der Waals surface area contributed by atoms with Crippen molar-refractivity contribution in [2.24, 2.45) is 0 Å². The van der Waals surface area contributed by atoms with Crippen molar-refractivity contribution < 1.29 is 14.3 Å². The highest BCUT2D eigenvalue weighted by atomic mass is 16.5. The molecule has 0 fully saturated rings. The fraction of sp³-hybridized carbons (Fsp3) is 0.417. The van der Waals surface area contributed by atoms with E-state index in [0.29, 0.717) is 5.56 Å². The van der Waals surface area contributed by atoms with Crippen LogP contribution in [-0.2, 0) is 11.2 Å². The fourth-order valence-corrected chi connectivity index (χ4v) is 2.03. The van der Waals surface area contributed by atoms with Crippen LogP contribution in [0.3, 0.4) is 0 Å². The van der Waals surface area contributed by atoms with E-state index in [2.05, 4.69) is 5.32 Å². The van der Waals surface area contributed by atoms with Crippen LogP contribution in [0, 0.1) is 0 Å². The average Bonchev–Trinajstić information content (AvgIpc) is 2.36. The second kappa shape index (κ2) is 4.43. The van der Waals surface area contributed by atoms with Crippen LogP contribution in [0.15, 0.2) is 12.1 Å². The second-order valence-corrected chi connectivity index (χ2v) is 3.69. The first-order chi connectivity index (χ1) is 7.77. The van der Waals surface area contributed by atoms with Gasteiger partial charge in [0.2, 0.25) is 0 Å². The van der Waals surface area contributed by atoms with Crippen molar-refractivity contribution in [3.63, 3.8) is 0 Å². The van der Waals surface area contributed by atoms with E-state index < -0.39 is 0 Å². The van der Waals surface area contributed by atoms with Crippen molar-refractivity contribution in [1.82, 2.24) is 0 Å². The molecule has 4 nitrogen and oxygen atoms in total. The topological polar surface area (TPSA) is 47.6 Å². The summed E-state index contributed by atoms with van der Waals surface area (Å²) in [7, 11) is 3.03. The van der Waals surface area contributed by atoms with E-state index in [1.54, 1.807) is 19.2 Å². The van der Waals surface area contributed by atoms with Gasteiger partial charge in [0, 0.05) is 6.54 Å². The van der Waals surface area contributed by atoms with Gasteiger partial charge in [0.25, 0.3) is 0 Å². The highest BCUT2D eigenvalue weighted by Crippen LogP contribution is 2.34. The van der Waals surface area contributed by atoms with Gasteiger partial charge in [-0.2, -0.15) is 0 Å². The summed E-state index contributed by atoms with van der Waals surface area (Å²) in [4.78, 5) is 11.6. The van der Waals surface area contributed by atoms with Gasteiger partial charge in [0.1, 0.15) is 5.75 Å². The van der Waals surface area contributed by atoms with E-state index in [1.807, 2.05) is 0 Å². The maximum atomic E-state index is 11.6. The van der Waals surface area contributed by atoms with Gasteiger partial charge < -0.3 is 14.8 Å². The second-order valence-electron chi connectivity index (χ2n) is 3.69. The van der Waals surface area contributed by atoms with E-state index in [9.17, 15) is 4.79 Å². The van der Waals surface area contributed by atoms with Gasteiger partial charge in [0.05, 0.1) is 25.5 Å². The average molecular weight is 221 g/mol. The van der Waals surface area contributed by atoms with Crippen molar-refractivity contribution >= 4 is 11.7 Å². The zero-order valence-corrected chi connectivity index (χ0v) is 9.50. The summed E-state index contributed by atoms with van der Waals surface area (Å²) >= 11 is 0. The summed E-state index contributed by atoms with van der Waals surface area (Å²) in [5, 5.41) is 3.27. The van der Waals surface area contributed by atoms with Gasteiger partial charge in [-0.15, -0.1) is 0 Å². The molecule has 86 valence electrons. The largest absolute Gasteiger partial charge is 0.495 e. The van der Waals surface area contributed by atoms with Gasteiger partial charge in [-0.05, 0) is 30.5 Å². The minimum atomic E-state index is -0.289. The molecule has 0 atom stereocenters. The van der Waals surface area contributed by atoms with Crippen LogP contribution in [0.5, 0.6) is 5.75 Å². The van der Waals surface area contributed by atoms with Crippen LogP contribution in [0.2, 0.25) is 0 Å². The van der Waals surface area contributed by atoms with Crippen molar-refractivity contribution in [3.05, 3.63) is 23.3 Å². The molecule has 0 amide bonds. The number of fused-ring (bicyclic) bond motifs is 1. The SMILES string of the molecule is COC(=O)c1ccc(OC)c2c1CCCN2. The molecule has 1 N–H and O–H groups in total. The molecular formula is C12H15NO3. The molecule has 0 spiro atoms. The molecule has 1 aliphatic rings. The lowest BCUT2D eigenvalue weighted by Gasteiger charge is -2.22. The maximum Gasteiger partial charge on any atom is 0.338 e. The lowest BCUT2D eigenvalue weighted by atomic mass is 9.97. The summed E-state index contributed by atoms with van der Waals surface area (Å²) in [6.07, 6.45) is 1.90. The summed E-state index contributed by atoms with van der Waals surface area (Å²) in [6.45, 7) is 0.911. The molecule has 4 heteroatoms. The Morgan fingerprint density at radius 2 is 2.19 bits per heavy atom. The molecule has 16 heavy (non-hydrogen) atoms. The third-order valence-electron chi connectivity index (χ3n) is 2.81. The van der Waals surface area contributed by atoms with Crippen LogP contribution >= 0.6 is 0 Å². The molecule has 1 aliphatic heterocycles. The van der Waals surface area contributed by atoms with Crippen molar-refractivity contribution in [3.8, 4) is 5.75 Å². The summed E-state index contributed by atoms with van der Waals surface area (Å²) < 4.78 is 10.0. The molecule has 1 aromatic rings.